The maximum atomic E-state index is 11.9. The second kappa shape index (κ2) is 4.56. The van der Waals surface area contributed by atoms with Gasteiger partial charge in [0.2, 0.25) is 10.0 Å². The molecule has 1 rings (SSSR count). The summed E-state index contributed by atoms with van der Waals surface area (Å²) in [5, 5.41) is 0. The SMILES string of the molecule is C#CC(C)NS(=O)(=O)c1cc(N)ccc1C. The minimum atomic E-state index is -3.60. The van der Waals surface area contributed by atoms with Gasteiger partial charge in [0.15, 0.2) is 0 Å². The summed E-state index contributed by atoms with van der Waals surface area (Å²) in [5.41, 5.74) is 6.59. The maximum absolute atomic E-state index is 11.9. The molecule has 5 heteroatoms. The molecule has 0 bridgehead atoms. The van der Waals surface area contributed by atoms with Crippen molar-refractivity contribution in [2.45, 2.75) is 24.8 Å². The lowest BCUT2D eigenvalue weighted by Crippen LogP contribution is -2.31. The van der Waals surface area contributed by atoms with Gasteiger partial charge >= 0.3 is 0 Å². The lowest BCUT2D eigenvalue weighted by atomic mass is 10.2. The quantitative estimate of drug-likeness (QED) is 0.606. The molecule has 0 aliphatic carbocycles. The van der Waals surface area contributed by atoms with E-state index in [9.17, 15) is 8.42 Å². The summed E-state index contributed by atoms with van der Waals surface area (Å²) in [6.45, 7) is 3.30. The Morgan fingerprint density at radius 2 is 2.12 bits per heavy atom. The van der Waals surface area contributed by atoms with Gasteiger partial charge in [0.05, 0.1) is 10.9 Å². The van der Waals surface area contributed by atoms with Crippen molar-refractivity contribution in [2.75, 3.05) is 5.73 Å². The molecule has 0 amide bonds. The van der Waals surface area contributed by atoms with E-state index in [0.29, 0.717) is 11.3 Å². The van der Waals surface area contributed by atoms with Crippen molar-refractivity contribution in [3.8, 4) is 12.3 Å². The first kappa shape index (κ1) is 12.6. The van der Waals surface area contributed by atoms with Crippen LogP contribution in [0.4, 0.5) is 5.69 Å². The van der Waals surface area contributed by atoms with E-state index >= 15 is 0 Å². The van der Waals surface area contributed by atoms with E-state index in [4.69, 9.17) is 12.2 Å². The fourth-order valence-electron chi connectivity index (χ4n) is 1.24. The van der Waals surface area contributed by atoms with Gasteiger partial charge in [-0.3, -0.25) is 0 Å². The summed E-state index contributed by atoms with van der Waals surface area (Å²) in [6.07, 6.45) is 5.12. The highest BCUT2D eigenvalue weighted by Crippen LogP contribution is 2.18. The molecule has 0 heterocycles. The number of benzene rings is 1. The van der Waals surface area contributed by atoms with Crippen LogP contribution in [0, 0.1) is 19.3 Å². The van der Waals surface area contributed by atoms with Gasteiger partial charge in [-0.25, -0.2) is 8.42 Å². The standard InChI is InChI=1S/C11H14N2O2S/c1-4-9(3)13-16(14,15)11-7-10(12)6-5-8(11)2/h1,5-7,9,13H,12H2,2-3H3. The second-order valence-corrected chi connectivity index (χ2v) is 5.22. The van der Waals surface area contributed by atoms with Crippen LogP contribution in [0.1, 0.15) is 12.5 Å². The summed E-state index contributed by atoms with van der Waals surface area (Å²) < 4.78 is 26.2. The number of anilines is 1. The van der Waals surface area contributed by atoms with Gasteiger partial charge in [0.1, 0.15) is 0 Å². The molecule has 0 aliphatic heterocycles. The molecule has 1 aromatic carbocycles. The van der Waals surface area contributed by atoms with Crippen LogP contribution in [-0.4, -0.2) is 14.5 Å². The number of hydrogen-bond donors (Lipinski definition) is 2. The van der Waals surface area contributed by atoms with Gasteiger partial charge in [0.25, 0.3) is 0 Å². The Balaban J connectivity index is 3.18. The van der Waals surface area contributed by atoms with Gasteiger partial charge in [-0.05, 0) is 31.5 Å². The van der Waals surface area contributed by atoms with Crippen LogP contribution in [0.3, 0.4) is 0 Å². The van der Waals surface area contributed by atoms with E-state index < -0.39 is 16.1 Å². The van der Waals surface area contributed by atoms with E-state index in [-0.39, 0.29) is 4.90 Å². The minimum Gasteiger partial charge on any atom is -0.399 e. The molecule has 1 unspecified atom stereocenters. The third-order valence-corrected chi connectivity index (χ3v) is 3.77. The molecule has 0 spiro atoms. The van der Waals surface area contributed by atoms with Gasteiger partial charge in [0, 0.05) is 5.69 Å². The fourth-order valence-corrected chi connectivity index (χ4v) is 2.68. The fraction of sp³-hybridized carbons (Fsp3) is 0.273. The van der Waals surface area contributed by atoms with Crippen molar-refractivity contribution in [1.82, 2.24) is 4.72 Å². The molecular formula is C11H14N2O2S. The Morgan fingerprint density at radius 3 is 2.69 bits per heavy atom. The number of rotatable bonds is 3. The van der Waals surface area contributed by atoms with Crippen LogP contribution in [0.25, 0.3) is 0 Å². The van der Waals surface area contributed by atoms with E-state index in [1.165, 1.54) is 6.07 Å². The Kier molecular flexibility index (Phi) is 3.58. The lowest BCUT2D eigenvalue weighted by molar-refractivity contribution is 0.577. The van der Waals surface area contributed by atoms with Crippen LogP contribution in [0.15, 0.2) is 23.1 Å². The zero-order chi connectivity index (χ0) is 12.3. The summed E-state index contributed by atoms with van der Waals surface area (Å²) in [6, 6.07) is 4.18. The summed E-state index contributed by atoms with van der Waals surface area (Å²) in [5.74, 6) is 2.30. The van der Waals surface area contributed by atoms with Gasteiger partial charge in [-0.1, -0.05) is 12.0 Å². The monoisotopic (exact) mass is 238 g/mol. The highest BCUT2D eigenvalue weighted by atomic mass is 32.2. The molecule has 3 N–H and O–H groups in total. The molecule has 0 saturated carbocycles. The molecule has 0 radical (unpaired) electrons. The van der Waals surface area contributed by atoms with Crippen molar-refractivity contribution < 1.29 is 8.42 Å². The molecule has 86 valence electrons. The molecule has 0 aromatic heterocycles. The molecular weight excluding hydrogens is 224 g/mol. The van der Waals surface area contributed by atoms with E-state index in [2.05, 4.69) is 10.6 Å². The van der Waals surface area contributed by atoms with Crippen LogP contribution in [-0.2, 0) is 10.0 Å². The van der Waals surface area contributed by atoms with Crippen molar-refractivity contribution in [3.05, 3.63) is 23.8 Å². The van der Waals surface area contributed by atoms with Crippen molar-refractivity contribution in [2.24, 2.45) is 0 Å². The topological polar surface area (TPSA) is 72.2 Å². The maximum Gasteiger partial charge on any atom is 0.241 e. The van der Waals surface area contributed by atoms with Gasteiger partial charge in [-0.15, -0.1) is 6.42 Å². The van der Waals surface area contributed by atoms with Crippen molar-refractivity contribution >= 4 is 15.7 Å². The second-order valence-electron chi connectivity index (χ2n) is 3.53. The van der Waals surface area contributed by atoms with Crippen LogP contribution < -0.4 is 10.5 Å². The number of nitrogens with two attached hydrogens (primary N) is 1. The van der Waals surface area contributed by atoms with Crippen LogP contribution >= 0.6 is 0 Å². The number of nitrogens with one attached hydrogen (secondary N) is 1. The van der Waals surface area contributed by atoms with E-state index in [1.807, 2.05) is 0 Å². The molecule has 0 aliphatic rings. The predicted octanol–water partition coefficient (Wildman–Crippen LogP) is 0.877. The zero-order valence-electron chi connectivity index (χ0n) is 9.19. The molecule has 1 aromatic rings. The van der Waals surface area contributed by atoms with Gasteiger partial charge in [-0.2, -0.15) is 4.72 Å². The van der Waals surface area contributed by atoms with Crippen LogP contribution in [0.2, 0.25) is 0 Å². The Bertz CT molecular complexity index is 529. The highest BCUT2D eigenvalue weighted by molar-refractivity contribution is 7.89. The molecule has 0 saturated heterocycles. The number of terminal acetylenes is 1. The van der Waals surface area contributed by atoms with Gasteiger partial charge < -0.3 is 5.73 Å². The summed E-state index contributed by atoms with van der Waals surface area (Å²) in [4.78, 5) is 0.162. The Labute approximate surface area is 95.9 Å². The Hall–Kier alpha value is -1.51. The zero-order valence-corrected chi connectivity index (χ0v) is 10.0. The average Bonchev–Trinajstić information content (AvgIpc) is 2.20. The predicted molar refractivity (Wildman–Crippen MR) is 64.2 cm³/mol. The lowest BCUT2D eigenvalue weighted by Gasteiger charge is -2.11. The number of nitrogen functional groups attached to an aromatic ring is 1. The van der Waals surface area contributed by atoms with E-state index in [0.717, 1.165) is 0 Å². The molecule has 16 heavy (non-hydrogen) atoms. The summed E-state index contributed by atoms with van der Waals surface area (Å²) in [7, 11) is -3.60. The number of aryl methyl sites for hydroxylation is 1. The number of sulfonamides is 1. The smallest absolute Gasteiger partial charge is 0.241 e. The largest absolute Gasteiger partial charge is 0.399 e. The third kappa shape index (κ3) is 2.75. The Morgan fingerprint density at radius 1 is 1.50 bits per heavy atom. The first-order chi connectivity index (χ1) is 7.36. The molecule has 1 atom stereocenters. The summed E-state index contributed by atoms with van der Waals surface area (Å²) >= 11 is 0. The molecule has 4 nitrogen and oxygen atoms in total. The average molecular weight is 238 g/mol. The first-order valence-electron chi connectivity index (χ1n) is 4.71. The minimum absolute atomic E-state index is 0.162. The van der Waals surface area contributed by atoms with E-state index in [1.54, 1.807) is 26.0 Å². The van der Waals surface area contributed by atoms with Crippen molar-refractivity contribution in [1.29, 1.82) is 0 Å². The highest BCUT2D eigenvalue weighted by Gasteiger charge is 2.18. The first-order valence-corrected chi connectivity index (χ1v) is 6.19. The normalized spacial score (nSPS) is 13.1. The third-order valence-electron chi connectivity index (χ3n) is 2.08. The van der Waals surface area contributed by atoms with Crippen LogP contribution in [0.5, 0.6) is 0 Å². The number of hydrogen-bond acceptors (Lipinski definition) is 3. The van der Waals surface area contributed by atoms with Crippen molar-refractivity contribution in [3.63, 3.8) is 0 Å². The molecule has 0 fully saturated rings.